The molecule has 0 aliphatic rings. The SMILES string of the molecule is CCC(CC)(C(=O)Nc1ccncc1C)C(N)=S. The van der Waals surface area contributed by atoms with Gasteiger partial charge < -0.3 is 11.1 Å². The molecule has 1 aromatic heterocycles. The molecule has 0 aliphatic carbocycles. The molecule has 0 unspecified atom stereocenters. The minimum Gasteiger partial charge on any atom is -0.392 e. The van der Waals surface area contributed by atoms with Crippen molar-refractivity contribution in [3.05, 3.63) is 24.0 Å². The van der Waals surface area contributed by atoms with Crippen molar-refractivity contribution < 1.29 is 4.79 Å². The molecule has 18 heavy (non-hydrogen) atoms. The molecule has 1 rings (SSSR count). The number of amides is 1. The molecule has 98 valence electrons. The van der Waals surface area contributed by atoms with Crippen molar-refractivity contribution in [2.45, 2.75) is 33.6 Å². The summed E-state index contributed by atoms with van der Waals surface area (Å²) in [5.74, 6) is -0.144. The number of pyridine rings is 1. The minimum absolute atomic E-state index is 0.144. The van der Waals surface area contributed by atoms with Crippen LogP contribution in [0.3, 0.4) is 0 Å². The maximum atomic E-state index is 12.4. The third-order valence-electron chi connectivity index (χ3n) is 3.38. The van der Waals surface area contributed by atoms with Crippen LogP contribution in [0.5, 0.6) is 0 Å². The van der Waals surface area contributed by atoms with Gasteiger partial charge in [0.15, 0.2) is 0 Å². The minimum atomic E-state index is -0.773. The molecule has 1 amide bonds. The summed E-state index contributed by atoms with van der Waals surface area (Å²) in [6.45, 7) is 5.73. The second kappa shape index (κ2) is 5.91. The van der Waals surface area contributed by atoms with Crippen LogP contribution < -0.4 is 11.1 Å². The van der Waals surface area contributed by atoms with Crippen molar-refractivity contribution in [3.63, 3.8) is 0 Å². The number of carbonyl (C=O) groups excluding carboxylic acids is 1. The van der Waals surface area contributed by atoms with Crippen LogP contribution in [0, 0.1) is 12.3 Å². The van der Waals surface area contributed by atoms with Crippen LogP contribution in [0.25, 0.3) is 0 Å². The highest BCUT2D eigenvalue weighted by Gasteiger charge is 2.38. The van der Waals surface area contributed by atoms with Gasteiger partial charge in [0, 0.05) is 18.1 Å². The Balaban J connectivity index is 3.00. The lowest BCUT2D eigenvalue weighted by Crippen LogP contribution is -2.45. The number of anilines is 1. The van der Waals surface area contributed by atoms with Crippen LogP contribution in [0.1, 0.15) is 32.3 Å². The van der Waals surface area contributed by atoms with Gasteiger partial charge in [0.2, 0.25) is 5.91 Å². The van der Waals surface area contributed by atoms with E-state index in [2.05, 4.69) is 10.3 Å². The molecule has 0 bridgehead atoms. The van der Waals surface area contributed by atoms with Crippen molar-refractivity contribution in [3.8, 4) is 0 Å². The molecule has 0 saturated carbocycles. The smallest absolute Gasteiger partial charge is 0.237 e. The molecule has 0 spiro atoms. The summed E-state index contributed by atoms with van der Waals surface area (Å²) in [6.07, 6.45) is 4.53. The fourth-order valence-corrected chi connectivity index (χ4v) is 2.27. The van der Waals surface area contributed by atoms with Crippen LogP contribution in [0.15, 0.2) is 18.5 Å². The van der Waals surface area contributed by atoms with E-state index < -0.39 is 5.41 Å². The van der Waals surface area contributed by atoms with Gasteiger partial charge in [-0.25, -0.2) is 0 Å². The van der Waals surface area contributed by atoms with Crippen molar-refractivity contribution in [1.82, 2.24) is 4.98 Å². The average Bonchev–Trinajstić information content (AvgIpc) is 2.34. The van der Waals surface area contributed by atoms with Crippen LogP contribution >= 0.6 is 12.2 Å². The van der Waals surface area contributed by atoms with Crippen LogP contribution in [0.2, 0.25) is 0 Å². The van der Waals surface area contributed by atoms with Gasteiger partial charge in [-0.1, -0.05) is 26.1 Å². The summed E-state index contributed by atoms with van der Waals surface area (Å²) >= 11 is 5.06. The number of thiocarbonyl (C=S) groups is 1. The molecule has 0 aromatic carbocycles. The van der Waals surface area contributed by atoms with Crippen LogP contribution in [-0.2, 0) is 4.79 Å². The van der Waals surface area contributed by atoms with Gasteiger partial charge in [-0.3, -0.25) is 9.78 Å². The second-order valence-electron chi connectivity index (χ2n) is 4.30. The number of hydrogen-bond donors (Lipinski definition) is 2. The quantitative estimate of drug-likeness (QED) is 0.802. The van der Waals surface area contributed by atoms with Gasteiger partial charge in [0.25, 0.3) is 0 Å². The summed E-state index contributed by atoms with van der Waals surface area (Å²) in [5.41, 5.74) is 6.63. The van der Waals surface area contributed by atoms with E-state index in [1.54, 1.807) is 18.5 Å². The van der Waals surface area contributed by atoms with E-state index in [0.717, 1.165) is 11.3 Å². The van der Waals surface area contributed by atoms with E-state index in [1.807, 2.05) is 20.8 Å². The highest BCUT2D eigenvalue weighted by atomic mass is 32.1. The van der Waals surface area contributed by atoms with Gasteiger partial charge in [-0.15, -0.1) is 0 Å². The molecule has 1 heterocycles. The first kappa shape index (κ1) is 14.6. The van der Waals surface area contributed by atoms with Gasteiger partial charge in [0.1, 0.15) is 0 Å². The zero-order valence-electron chi connectivity index (χ0n) is 11.0. The van der Waals surface area contributed by atoms with E-state index in [1.165, 1.54) is 0 Å². The highest BCUT2D eigenvalue weighted by Crippen LogP contribution is 2.29. The Labute approximate surface area is 113 Å². The number of hydrogen-bond acceptors (Lipinski definition) is 3. The molecule has 0 saturated heterocycles. The van der Waals surface area contributed by atoms with E-state index in [9.17, 15) is 4.79 Å². The molecule has 0 radical (unpaired) electrons. The van der Waals surface area contributed by atoms with Crippen molar-refractivity contribution >= 4 is 28.8 Å². The Kier molecular flexibility index (Phi) is 4.78. The van der Waals surface area contributed by atoms with Crippen molar-refractivity contribution in [2.24, 2.45) is 11.1 Å². The topological polar surface area (TPSA) is 68.0 Å². The molecule has 1 aromatic rings. The number of nitrogens with one attached hydrogen (secondary N) is 1. The molecule has 0 fully saturated rings. The fraction of sp³-hybridized carbons (Fsp3) is 0.462. The lowest BCUT2D eigenvalue weighted by molar-refractivity contribution is -0.122. The second-order valence-corrected chi connectivity index (χ2v) is 4.74. The maximum absolute atomic E-state index is 12.4. The Morgan fingerprint density at radius 1 is 1.50 bits per heavy atom. The Bertz CT molecular complexity index is 455. The lowest BCUT2D eigenvalue weighted by atomic mass is 9.81. The van der Waals surface area contributed by atoms with E-state index in [-0.39, 0.29) is 10.9 Å². The normalized spacial score (nSPS) is 11.1. The van der Waals surface area contributed by atoms with Gasteiger partial charge in [-0.2, -0.15) is 0 Å². The number of carbonyl (C=O) groups is 1. The number of aromatic nitrogens is 1. The summed E-state index contributed by atoms with van der Waals surface area (Å²) in [7, 11) is 0. The highest BCUT2D eigenvalue weighted by molar-refractivity contribution is 7.80. The number of rotatable bonds is 5. The fourth-order valence-electron chi connectivity index (χ4n) is 1.89. The van der Waals surface area contributed by atoms with Gasteiger partial charge in [-0.05, 0) is 31.4 Å². The Hall–Kier alpha value is -1.49. The number of nitrogens with two attached hydrogens (primary N) is 1. The molecule has 3 N–H and O–H groups in total. The van der Waals surface area contributed by atoms with E-state index >= 15 is 0 Å². The summed E-state index contributed by atoms with van der Waals surface area (Å²) in [5, 5.41) is 2.89. The monoisotopic (exact) mass is 265 g/mol. The molecule has 0 atom stereocenters. The first-order valence-corrected chi connectivity index (χ1v) is 6.40. The predicted octanol–water partition coefficient (Wildman–Crippen LogP) is 2.42. The molecular weight excluding hydrogens is 246 g/mol. The standard InChI is InChI=1S/C13H19N3OS/c1-4-13(5-2,11(14)18)12(17)16-10-6-7-15-8-9(10)3/h6-8H,4-5H2,1-3H3,(H2,14,18)(H,15,16,17). The predicted molar refractivity (Wildman–Crippen MR) is 77.4 cm³/mol. The molecular formula is C13H19N3OS. The third-order valence-corrected chi connectivity index (χ3v) is 3.77. The largest absolute Gasteiger partial charge is 0.392 e. The molecule has 4 nitrogen and oxygen atoms in total. The zero-order valence-corrected chi connectivity index (χ0v) is 11.8. The summed E-state index contributed by atoms with van der Waals surface area (Å²) in [4.78, 5) is 16.6. The zero-order chi connectivity index (χ0) is 13.8. The average molecular weight is 265 g/mol. The van der Waals surface area contributed by atoms with Gasteiger partial charge >= 0.3 is 0 Å². The summed E-state index contributed by atoms with van der Waals surface area (Å²) < 4.78 is 0. The first-order chi connectivity index (χ1) is 8.47. The Morgan fingerprint density at radius 3 is 2.56 bits per heavy atom. The maximum Gasteiger partial charge on any atom is 0.237 e. The van der Waals surface area contributed by atoms with E-state index in [4.69, 9.17) is 18.0 Å². The number of aryl methyl sites for hydroxylation is 1. The first-order valence-electron chi connectivity index (χ1n) is 6.00. The lowest BCUT2D eigenvalue weighted by Gasteiger charge is -2.29. The van der Waals surface area contributed by atoms with Crippen LogP contribution in [0.4, 0.5) is 5.69 Å². The number of nitrogens with zero attached hydrogens (tertiary/aromatic N) is 1. The van der Waals surface area contributed by atoms with Crippen LogP contribution in [-0.4, -0.2) is 15.9 Å². The molecule has 5 heteroatoms. The van der Waals surface area contributed by atoms with Crippen molar-refractivity contribution in [2.75, 3.05) is 5.32 Å². The molecule has 0 aliphatic heterocycles. The third kappa shape index (κ3) is 2.67. The Morgan fingerprint density at radius 2 is 2.11 bits per heavy atom. The van der Waals surface area contributed by atoms with E-state index in [0.29, 0.717) is 12.8 Å². The van der Waals surface area contributed by atoms with Gasteiger partial charge in [0.05, 0.1) is 10.4 Å². The van der Waals surface area contributed by atoms with Crippen molar-refractivity contribution in [1.29, 1.82) is 0 Å². The summed E-state index contributed by atoms with van der Waals surface area (Å²) in [6, 6.07) is 1.77.